The van der Waals surface area contributed by atoms with Gasteiger partial charge < -0.3 is 14.2 Å². The van der Waals surface area contributed by atoms with Crippen molar-refractivity contribution < 1.29 is 19.1 Å². The van der Waals surface area contributed by atoms with Gasteiger partial charge in [0.25, 0.3) is 0 Å². The summed E-state index contributed by atoms with van der Waals surface area (Å²) in [6, 6.07) is 13.8. The van der Waals surface area contributed by atoms with Gasteiger partial charge in [-0.1, -0.05) is 19.1 Å². The summed E-state index contributed by atoms with van der Waals surface area (Å²) in [6.07, 6.45) is 2.04. The second-order valence-corrected chi connectivity index (χ2v) is 5.47. The van der Waals surface area contributed by atoms with Gasteiger partial charge in [-0.2, -0.15) is 9.97 Å². The van der Waals surface area contributed by atoms with Crippen molar-refractivity contribution in [3.63, 3.8) is 0 Å². The molecule has 1 heterocycles. The third-order valence-electron chi connectivity index (χ3n) is 3.76. The first kappa shape index (κ1) is 18.1. The Labute approximate surface area is 155 Å². The maximum absolute atomic E-state index is 11.6. The highest BCUT2D eigenvalue weighted by atomic mass is 16.6. The number of aromatic nitrogens is 2. The topological polar surface area (TPSA) is 96.6 Å². The number of benzene rings is 2. The summed E-state index contributed by atoms with van der Waals surface area (Å²) in [5.74, 6) is 1.04. The third kappa shape index (κ3) is 4.30. The number of nitrogens with zero attached hydrogens (tertiary/aromatic N) is 3. The van der Waals surface area contributed by atoms with Crippen LogP contribution in [-0.4, -0.2) is 22.0 Å². The lowest BCUT2D eigenvalue weighted by Gasteiger charge is -2.09. The summed E-state index contributed by atoms with van der Waals surface area (Å²) in [4.78, 5) is 18.7. The van der Waals surface area contributed by atoms with Crippen molar-refractivity contribution in [3.05, 3.63) is 70.5 Å². The summed E-state index contributed by atoms with van der Waals surface area (Å²) < 4.78 is 16.2. The van der Waals surface area contributed by atoms with Crippen molar-refractivity contribution in [1.29, 1.82) is 0 Å². The molecule has 27 heavy (non-hydrogen) atoms. The Balaban J connectivity index is 1.90. The molecule has 8 nitrogen and oxygen atoms in total. The number of ether oxygens (including phenoxy) is 3. The molecule has 0 saturated heterocycles. The highest BCUT2D eigenvalue weighted by Crippen LogP contribution is 2.37. The van der Waals surface area contributed by atoms with Gasteiger partial charge in [0.05, 0.1) is 12.0 Å². The second kappa shape index (κ2) is 8.13. The lowest BCUT2D eigenvalue weighted by molar-refractivity contribution is -0.387. The van der Waals surface area contributed by atoms with E-state index in [4.69, 9.17) is 14.2 Å². The summed E-state index contributed by atoms with van der Waals surface area (Å²) in [5.41, 5.74) is 0.677. The Kier molecular flexibility index (Phi) is 5.46. The van der Waals surface area contributed by atoms with Crippen molar-refractivity contribution in [2.75, 3.05) is 7.11 Å². The first-order valence-electron chi connectivity index (χ1n) is 8.18. The Morgan fingerprint density at radius 2 is 1.37 bits per heavy atom. The average molecular weight is 367 g/mol. The molecule has 8 heteroatoms. The van der Waals surface area contributed by atoms with Gasteiger partial charge in [0.2, 0.25) is 0 Å². The molecule has 0 atom stereocenters. The maximum Gasteiger partial charge on any atom is 0.393 e. The van der Waals surface area contributed by atoms with Crippen LogP contribution in [0.4, 0.5) is 5.69 Å². The van der Waals surface area contributed by atoms with Gasteiger partial charge in [0.15, 0.2) is 0 Å². The number of hydrogen-bond acceptors (Lipinski definition) is 7. The van der Waals surface area contributed by atoms with E-state index in [2.05, 4.69) is 9.97 Å². The molecule has 0 aliphatic heterocycles. The van der Waals surface area contributed by atoms with Crippen LogP contribution in [0.3, 0.4) is 0 Å². The van der Waals surface area contributed by atoms with E-state index in [1.165, 1.54) is 0 Å². The molecule has 0 saturated carbocycles. The molecular weight excluding hydrogens is 350 g/mol. The predicted octanol–water partition coefficient (Wildman–Crippen LogP) is 4.54. The summed E-state index contributed by atoms with van der Waals surface area (Å²) in [7, 11) is 1.54. The second-order valence-electron chi connectivity index (χ2n) is 5.47. The highest BCUT2D eigenvalue weighted by Gasteiger charge is 2.27. The molecule has 0 unspecified atom stereocenters. The monoisotopic (exact) mass is 367 g/mol. The molecule has 0 radical (unpaired) electrons. The van der Waals surface area contributed by atoms with Gasteiger partial charge in [-0.25, -0.2) is 0 Å². The van der Waals surface area contributed by atoms with Crippen molar-refractivity contribution in [1.82, 2.24) is 9.97 Å². The zero-order valence-corrected chi connectivity index (χ0v) is 14.8. The zero-order valence-electron chi connectivity index (χ0n) is 14.8. The van der Waals surface area contributed by atoms with E-state index in [1.54, 1.807) is 43.5 Å². The van der Waals surface area contributed by atoms with Crippen LogP contribution in [-0.2, 0) is 6.42 Å². The minimum Gasteiger partial charge on any atom is -0.497 e. The highest BCUT2D eigenvalue weighted by molar-refractivity contribution is 5.52. The Morgan fingerprint density at radius 3 is 1.81 bits per heavy atom. The predicted molar refractivity (Wildman–Crippen MR) is 97.6 cm³/mol. The fraction of sp³-hybridized carbons (Fsp3) is 0.158. The fourth-order valence-corrected chi connectivity index (χ4v) is 2.31. The Morgan fingerprint density at radius 1 is 0.889 bits per heavy atom. The molecule has 0 fully saturated rings. The molecule has 138 valence electrons. The number of rotatable bonds is 7. The van der Waals surface area contributed by atoms with Crippen molar-refractivity contribution in [2.45, 2.75) is 13.3 Å². The van der Waals surface area contributed by atoms with E-state index >= 15 is 0 Å². The molecule has 3 rings (SSSR count). The first-order chi connectivity index (χ1) is 13.1. The molecule has 0 aliphatic carbocycles. The van der Waals surface area contributed by atoms with Gasteiger partial charge >= 0.3 is 17.4 Å². The molecule has 3 aromatic rings. The zero-order chi connectivity index (χ0) is 19.2. The summed E-state index contributed by atoms with van der Waals surface area (Å²) >= 11 is 0. The normalized spacial score (nSPS) is 10.3. The van der Waals surface area contributed by atoms with Gasteiger partial charge in [-0.3, -0.25) is 10.1 Å². The quantitative estimate of drug-likeness (QED) is 0.447. The van der Waals surface area contributed by atoms with E-state index in [-0.39, 0.29) is 11.8 Å². The van der Waals surface area contributed by atoms with Crippen molar-refractivity contribution >= 4 is 5.69 Å². The number of nitro groups is 1. The van der Waals surface area contributed by atoms with Crippen LogP contribution < -0.4 is 14.2 Å². The molecule has 0 spiro atoms. The number of aryl methyl sites for hydroxylation is 1. The Bertz CT molecular complexity index is 859. The van der Waals surface area contributed by atoms with Crippen LogP contribution in [0, 0.1) is 10.1 Å². The molecule has 0 N–H and O–H groups in total. The number of hydrogen-bond donors (Lipinski definition) is 0. The Hall–Kier alpha value is -3.68. The summed E-state index contributed by atoms with van der Waals surface area (Å²) in [5, 5.41) is 11.6. The van der Waals surface area contributed by atoms with Crippen LogP contribution in [0.25, 0.3) is 0 Å². The molecular formula is C19H17N3O5. The molecule has 1 aromatic heterocycles. The SMILES string of the molecule is CCc1ccc(Oc2ncnc(Oc3ccc(OC)cc3)c2[N+](=O)[O-])cc1. The standard InChI is InChI=1S/C19H17N3O5/c1-3-13-4-6-15(7-5-13)26-18-17(22(23)24)19(21-12-20-18)27-16-10-8-14(25-2)9-11-16/h4-12H,3H2,1-2H3. The van der Waals surface area contributed by atoms with Crippen LogP contribution >= 0.6 is 0 Å². The number of methoxy groups -OCH3 is 1. The lowest BCUT2D eigenvalue weighted by Crippen LogP contribution is -2.01. The first-order valence-corrected chi connectivity index (χ1v) is 8.18. The van der Waals surface area contributed by atoms with Gasteiger partial charge in [0.1, 0.15) is 23.6 Å². The minimum atomic E-state index is -0.630. The van der Waals surface area contributed by atoms with Gasteiger partial charge in [0, 0.05) is 0 Å². The van der Waals surface area contributed by atoms with Gasteiger partial charge in [-0.05, 0) is 48.4 Å². The van der Waals surface area contributed by atoms with Gasteiger partial charge in [-0.15, -0.1) is 0 Å². The van der Waals surface area contributed by atoms with E-state index in [0.717, 1.165) is 18.3 Å². The lowest BCUT2D eigenvalue weighted by atomic mass is 10.2. The van der Waals surface area contributed by atoms with Crippen LogP contribution in [0.2, 0.25) is 0 Å². The van der Waals surface area contributed by atoms with Crippen LogP contribution in [0.15, 0.2) is 54.9 Å². The summed E-state index contributed by atoms with van der Waals surface area (Å²) in [6.45, 7) is 2.04. The minimum absolute atomic E-state index is 0.192. The van der Waals surface area contributed by atoms with Crippen molar-refractivity contribution in [2.24, 2.45) is 0 Å². The van der Waals surface area contributed by atoms with Crippen molar-refractivity contribution in [3.8, 4) is 29.0 Å². The maximum atomic E-state index is 11.6. The van der Waals surface area contributed by atoms with E-state index in [1.807, 2.05) is 19.1 Å². The smallest absolute Gasteiger partial charge is 0.393 e. The van der Waals surface area contributed by atoms with E-state index < -0.39 is 10.6 Å². The van der Waals surface area contributed by atoms with Crippen LogP contribution in [0.5, 0.6) is 29.0 Å². The fourth-order valence-electron chi connectivity index (χ4n) is 2.31. The molecule has 0 bridgehead atoms. The molecule has 0 aliphatic rings. The largest absolute Gasteiger partial charge is 0.497 e. The third-order valence-corrected chi connectivity index (χ3v) is 3.76. The van der Waals surface area contributed by atoms with Crippen LogP contribution in [0.1, 0.15) is 12.5 Å². The molecule has 0 amide bonds. The molecule has 2 aromatic carbocycles. The van der Waals surface area contributed by atoms with E-state index in [9.17, 15) is 10.1 Å². The van der Waals surface area contributed by atoms with E-state index in [0.29, 0.717) is 17.2 Å². The average Bonchev–Trinajstić information content (AvgIpc) is 2.69.